The number of ether oxygens (including phenoxy) is 2. The molecule has 0 unspecified atom stereocenters. The molecule has 0 fully saturated rings. The predicted molar refractivity (Wildman–Crippen MR) is 81.0 cm³/mol. The maximum absolute atomic E-state index is 12.3. The molecule has 1 heterocycles. The number of hydrogen-bond acceptors (Lipinski definition) is 3. The van der Waals surface area contributed by atoms with Gasteiger partial charge in [-0.05, 0) is 37.3 Å². The molecule has 0 saturated heterocycles. The van der Waals surface area contributed by atoms with Crippen molar-refractivity contribution in [1.82, 2.24) is 0 Å². The van der Waals surface area contributed by atoms with Crippen LogP contribution in [0.25, 0.3) is 0 Å². The van der Waals surface area contributed by atoms with Gasteiger partial charge in [0.25, 0.3) is 5.91 Å². The van der Waals surface area contributed by atoms with Crippen LogP contribution in [0.4, 0.5) is 5.69 Å². The van der Waals surface area contributed by atoms with Gasteiger partial charge in [-0.25, -0.2) is 0 Å². The van der Waals surface area contributed by atoms with Crippen LogP contribution in [-0.4, -0.2) is 18.1 Å². The molecule has 1 N–H and O–H groups in total. The van der Waals surface area contributed by atoms with Gasteiger partial charge >= 0.3 is 0 Å². The maximum atomic E-state index is 12.3. The van der Waals surface area contributed by atoms with E-state index in [1.165, 1.54) is 0 Å². The second-order valence-corrected chi connectivity index (χ2v) is 5.24. The van der Waals surface area contributed by atoms with Crippen molar-refractivity contribution in [2.75, 3.05) is 5.32 Å². The van der Waals surface area contributed by atoms with Gasteiger partial charge in [-0.2, -0.15) is 0 Å². The van der Waals surface area contributed by atoms with Crippen LogP contribution < -0.4 is 14.8 Å². The molecular weight excluding hydrogens is 290 g/mol. The molecule has 5 heteroatoms. The van der Waals surface area contributed by atoms with Gasteiger partial charge in [0.1, 0.15) is 6.10 Å². The van der Waals surface area contributed by atoms with Crippen molar-refractivity contribution in [3.8, 4) is 11.5 Å². The van der Waals surface area contributed by atoms with Crippen LogP contribution >= 0.6 is 11.6 Å². The van der Waals surface area contributed by atoms with Crippen molar-refractivity contribution >= 4 is 23.2 Å². The summed E-state index contributed by atoms with van der Waals surface area (Å²) in [6.45, 7) is 1.80. The van der Waals surface area contributed by atoms with Crippen molar-refractivity contribution < 1.29 is 14.3 Å². The Kier molecular flexibility index (Phi) is 3.71. The first-order valence-corrected chi connectivity index (χ1v) is 7.00. The maximum Gasteiger partial charge on any atom is 0.269 e. The average molecular weight is 304 g/mol. The van der Waals surface area contributed by atoms with Crippen LogP contribution in [0, 0.1) is 0 Å². The fourth-order valence-electron chi connectivity index (χ4n) is 2.19. The standard InChI is InChI=1S/C16H14ClNO3/c1-10-15(21-14-8-3-2-7-13(14)20-10)16(19)18-12-6-4-5-11(17)9-12/h2-10,15H,1H3,(H,18,19)/t10-,15-/m1/s1. The van der Waals surface area contributed by atoms with Crippen LogP contribution in [0.15, 0.2) is 48.5 Å². The minimum Gasteiger partial charge on any atom is -0.482 e. The first-order chi connectivity index (χ1) is 10.1. The Labute approximate surface area is 127 Å². The lowest BCUT2D eigenvalue weighted by atomic mass is 10.1. The summed E-state index contributed by atoms with van der Waals surface area (Å²) in [5.74, 6) is 0.956. The van der Waals surface area contributed by atoms with Gasteiger partial charge in [0.15, 0.2) is 11.5 Å². The Morgan fingerprint density at radius 2 is 1.81 bits per heavy atom. The first-order valence-electron chi connectivity index (χ1n) is 6.62. The van der Waals surface area contributed by atoms with Crippen LogP contribution in [0.5, 0.6) is 11.5 Å². The van der Waals surface area contributed by atoms with E-state index in [1.807, 2.05) is 18.2 Å². The molecule has 1 amide bonds. The van der Waals surface area contributed by atoms with E-state index in [-0.39, 0.29) is 12.0 Å². The molecule has 1 aliphatic heterocycles. The van der Waals surface area contributed by atoms with E-state index in [4.69, 9.17) is 21.1 Å². The minimum atomic E-state index is -0.709. The number of halogens is 1. The topological polar surface area (TPSA) is 47.6 Å². The molecule has 3 rings (SSSR count). The summed E-state index contributed by atoms with van der Waals surface area (Å²) in [5, 5.41) is 3.35. The second-order valence-electron chi connectivity index (χ2n) is 4.81. The van der Waals surface area contributed by atoms with Crippen molar-refractivity contribution in [2.24, 2.45) is 0 Å². The fraction of sp³-hybridized carbons (Fsp3) is 0.188. The summed E-state index contributed by atoms with van der Waals surface area (Å²) in [4.78, 5) is 12.3. The Bertz CT molecular complexity index is 674. The molecule has 0 saturated carbocycles. The minimum absolute atomic E-state index is 0.265. The van der Waals surface area contributed by atoms with Gasteiger partial charge in [-0.15, -0.1) is 0 Å². The normalized spacial score (nSPS) is 19.9. The Morgan fingerprint density at radius 1 is 1.10 bits per heavy atom. The third kappa shape index (κ3) is 2.95. The monoisotopic (exact) mass is 303 g/mol. The second kappa shape index (κ2) is 5.66. The number of anilines is 1. The number of para-hydroxylation sites is 2. The van der Waals surface area contributed by atoms with E-state index < -0.39 is 6.10 Å². The number of fused-ring (bicyclic) bond motifs is 1. The molecule has 0 aromatic heterocycles. The zero-order chi connectivity index (χ0) is 14.8. The smallest absolute Gasteiger partial charge is 0.269 e. The lowest BCUT2D eigenvalue weighted by Gasteiger charge is -2.31. The molecule has 21 heavy (non-hydrogen) atoms. The summed E-state index contributed by atoms with van der Waals surface area (Å²) >= 11 is 5.90. The molecule has 0 radical (unpaired) electrons. The largest absolute Gasteiger partial charge is 0.482 e. The highest BCUT2D eigenvalue weighted by Gasteiger charge is 2.34. The van der Waals surface area contributed by atoms with Crippen LogP contribution in [-0.2, 0) is 4.79 Å². The molecule has 4 nitrogen and oxygen atoms in total. The predicted octanol–water partition coefficient (Wildman–Crippen LogP) is 3.51. The van der Waals surface area contributed by atoms with E-state index in [2.05, 4.69) is 5.32 Å². The van der Waals surface area contributed by atoms with E-state index in [1.54, 1.807) is 37.3 Å². The van der Waals surface area contributed by atoms with Crippen molar-refractivity contribution in [1.29, 1.82) is 0 Å². The van der Waals surface area contributed by atoms with Gasteiger partial charge in [0, 0.05) is 10.7 Å². The van der Waals surface area contributed by atoms with Gasteiger partial charge in [0.05, 0.1) is 0 Å². The molecule has 0 spiro atoms. The summed E-state index contributed by atoms with van der Waals surface area (Å²) in [7, 11) is 0. The Morgan fingerprint density at radius 3 is 2.52 bits per heavy atom. The zero-order valence-corrected chi connectivity index (χ0v) is 12.1. The average Bonchev–Trinajstić information content (AvgIpc) is 2.46. The summed E-state index contributed by atoms with van der Waals surface area (Å²) in [6.07, 6.45) is -1.09. The Hall–Kier alpha value is -2.20. The van der Waals surface area contributed by atoms with E-state index in [9.17, 15) is 4.79 Å². The SMILES string of the molecule is C[C@H]1Oc2ccccc2O[C@H]1C(=O)Nc1cccc(Cl)c1. The molecular formula is C16H14ClNO3. The number of carbonyl (C=O) groups excluding carboxylic acids is 1. The molecule has 1 aliphatic rings. The highest BCUT2D eigenvalue weighted by atomic mass is 35.5. The van der Waals surface area contributed by atoms with Crippen LogP contribution in [0.2, 0.25) is 5.02 Å². The third-order valence-electron chi connectivity index (χ3n) is 3.19. The number of rotatable bonds is 2. The highest BCUT2D eigenvalue weighted by Crippen LogP contribution is 2.33. The zero-order valence-electron chi connectivity index (χ0n) is 11.4. The molecule has 2 aromatic carbocycles. The first kappa shape index (κ1) is 13.8. The number of amides is 1. The van der Waals surface area contributed by atoms with Crippen molar-refractivity contribution in [2.45, 2.75) is 19.1 Å². The van der Waals surface area contributed by atoms with Crippen molar-refractivity contribution in [3.63, 3.8) is 0 Å². The van der Waals surface area contributed by atoms with Crippen LogP contribution in [0.1, 0.15) is 6.92 Å². The van der Waals surface area contributed by atoms with Gasteiger partial charge in [0.2, 0.25) is 6.10 Å². The van der Waals surface area contributed by atoms with Crippen LogP contribution in [0.3, 0.4) is 0 Å². The molecule has 0 bridgehead atoms. The van der Waals surface area contributed by atoms with Gasteiger partial charge in [-0.3, -0.25) is 4.79 Å². The molecule has 0 aliphatic carbocycles. The van der Waals surface area contributed by atoms with E-state index >= 15 is 0 Å². The fourth-order valence-corrected chi connectivity index (χ4v) is 2.38. The number of nitrogens with one attached hydrogen (secondary N) is 1. The summed E-state index contributed by atoms with van der Waals surface area (Å²) in [6, 6.07) is 14.3. The van der Waals surface area contributed by atoms with Gasteiger partial charge in [-0.1, -0.05) is 29.8 Å². The quantitative estimate of drug-likeness (QED) is 0.923. The van der Waals surface area contributed by atoms with Gasteiger partial charge < -0.3 is 14.8 Å². The van der Waals surface area contributed by atoms with E-state index in [0.29, 0.717) is 22.2 Å². The lowest BCUT2D eigenvalue weighted by Crippen LogP contribution is -2.46. The summed E-state index contributed by atoms with van der Waals surface area (Å²) < 4.78 is 11.5. The Balaban J connectivity index is 1.76. The number of benzene rings is 2. The van der Waals surface area contributed by atoms with E-state index in [0.717, 1.165) is 0 Å². The third-order valence-corrected chi connectivity index (χ3v) is 3.43. The lowest BCUT2D eigenvalue weighted by molar-refractivity contribution is -0.128. The van der Waals surface area contributed by atoms with Crippen molar-refractivity contribution in [3.05, 3.63) is 53.6 Å². The highest BCUT2D eigenvalue weighted by molar-refractivity contribution is 6.30. The molecule has 108 valence electrons. The number of hydrogen-bond donors (Lipinski definition) is 1. The summed E-state index contributed by atoms with van der Waals surface area (Å²) in [5.41, 5.74) is 0.627. The molecule has 2 atom stereocenters. The molecule has 2 aromatic rings. The number of carbonyl (C=O) groups is 1.